The van der Waals surface area contributed by atoms with E-state index in [1.807, 2.05) is 16.8 Å². The number of aromatic nitrogens is 3. The maximum atomic E-state index is 4.55. The Labute approximate surface area is 161 Å². The summed E-state index contributed by atoms with van der Waals surface area (Å²) in [4.78, 5) is 4.55. The van der Waals surface area contributed by atoms with Gasteiger partial charge >= 0.3 is 0 Å². The quantitative estimate of drug-likeness (QED) is 0.460. The highest BCUT2D eigenvalue weighted by molar-refractivity contribution is 9.10. The summed E-state index contributed by atoms with van der Waals surface area (Å²) in [5.41, 5.74) is 4.68. The molecule has 0 saturated carbocycles. The molecule has 1 unspecified atom stereocenters. The van der Waals surface area contributed by atoms with Gasteiger partial charge in [0.2, 0.25) is 0 Å². The number of fused-ring (bicyclic) bond motifs is 1. The number of nitrogens with one attached hydrogen (secondary N) is 1. The number of rotatable bonds is 5. The molecule has 0 aliphatic carbocycles. The van der Waals surface area contributed by atoms with Crippen molar-refractivity contribution in [2.45, 2.75) is 19.4 Å². The van der Waals surface area contributed by atoms with Crippen molar-refractivity contribution in [2.75, 3.05) is 5.32 Å². The highest BCUT2D eigenvalue weighted by atomic mass is 79.9. The van der Waals surface area contributed by atoms with Crippen molar-refractivity contribution >= 4 is 27.3 Å². The van der Waals surface area contributed by atoms with Crippen LogP contribution in [0.3, 0.4) is 0 Å². The lowest BCUT2D eigenvalue weighted by Crippen LogP contribution is -2.13. The van der Waals surface area contributed by atoms with Crippen molar-refractivity contribution in [1.29, 1.82) is 0 Å². The molecule has 130 valence electrons. The van der Waals surface area contributed by atoms with Gasteiger partial charge in [0.15, 0.2) is 5.82 Å². The Bertz CT molecular complexity index is 1030. The fourth-order valence-electron chi connectivity index (χ4n) is 3.26. The van der Waals surface area contributed by atoms with E-state index in [2.05, 4.69) is 86.8 Å². The van der Waals surface area contributed by atoms with E-state index >= 15 is 0 Å². The molecule has 4 aromatic rings. The monoisotopic (exact) mass is 406 g/mol. The van der Waals surface area contributed by atoms with Crippen molar-refractivity contribution in [3.05, 3.63) is 83.2 Å². The fourth-order valence-corrected chi connectivity index (χ4v) is 3.72. The molecule has 1 atom stereocenters. The van der Waals surface area contributed by atoms with Crippen LogP contribution in [0.1, 0.15) is 24.9 Å². The minimum absolute atomic E-state index is 0.145. The molecular weight excluding hydrogens is 388 g/mol. The van der Waals surface area contributed by atoms with Gasteiger partial charge in [0.25, 0.3) is 0 Å². The van der Waals surface area contributed by atoms with E-state index in [0.717, 1.165) is 22.2 Å². The molecule has 26 heavy (non-hydrogen) atoms. The maximum Gasteiger partial charge on any atom is 0.153 e. The predicted octanol–water partition coefficient (Wildman–Crippen LogP) is 5.72. The first-order valence-electron chi connectivity index (χ1n) is 8.66. The lowest BCUT2D eigenvalue weighted by atomic mass is 9.93. The molecule has 0 aliphatic rings. The molecule has 2 heterocycles. The molecule has 0 aliphatic heterocycles. The summed E-state index contributed by atoms with van der Waals surface area (Å²) in [6, 6.07) is 19.2. The summed E-state index contributed by atoms with van der Waals surface area (Å²) in [5.74, 6) is 0.826. The molecule has 5 heteroatoms. The zero-order valence-electron chi connectivity index (χ0n) is 14.4. The van der Waals surface area contributed by atoms with Crippen LogP contribution in [0.25, 0.3) is 16.6 Å². The molecule has 0 bridgehead atoms. The van der Waals surface area contributed by atoms with Gasteiger partial charge in [-0.15, -0.1) is 0 Å². The van der Waals surface area contributed by atoms with Crippen LogP contribution in [0, 0.1) is 0 Å². The van der Waals surface area contributed by atoms with E-state index in [1.165, 1.54) is 16.7 Å². The van der Waals surface area contributed by atoms with Crippen molar-refractivity contribution in [3.63, 3.8) is 0 Å². The van der Waals surface area contributed by atoms with Crippen LogP contribution in [0.4, 0.5) is 5.82 Å². The number of hydrogen-bond donors (Lipinski definition) is 1. The van der Waals surface area contributed by atoms with Crippen LogP contribution in [0.2, 0.25) is 0 Å². The summed E-state index contributed by atoms with van der Waals surface area (Å²) in [5, 5.41) is 7.96. The van der Waals surface area contributed by atoms with Gasteiger partial charge in [-0.2, -0.15) is 5.10 Å². The number of halogens is 1. The second-order valence-corrected chi connectivity index (χ2v) is 6.97. The normalized spacial score (nSPS) is 12.2. The van der Waals surface area contributed by atoms with Gasteiger partial charge in [-0.25, -0.2) is 9.50 Å². The third-order valence-corrected chi connectivity index (χ3v) is 5.11. The van der Waals surface area contributed by atoms with Gasteiger partial charge in [0, 0.05) is 12.4 Å². The van der Waals surface area contributed by atoms with Crippen LogP contribution in [-0.4, -0.2) is 14.6 Å². The molecule has 0 saturated heterocycles. The van der Waals surface area contributed by atoms with Crippen molar-refractivity contribution < 1.29 is 0 Å². The van der Waals surface area contributed by atoms with E-state index in [9.17, 15) is 0 Å². The van der Waals surface area contributed by atoms with E-state index in [1.54, 1.807) is 12.4 Å². The second kappa shape index (κ2) is 7.30. The minimum Gasteiger partial charge on any atom is -0.361 e. The van der Waals surface area contributed by atoms with Gasteiger partial charge in [-0.3, -0.25) is 0 Å². The second-order valence-electron chi connectivity index (χ2n) is 6.12. The summed E-state index contributed by atoms with van der Waals surface area (Å²) >= 11 is 3.57. The highest BCUT2D eigenvalue weighted by Crippen LogP contribution is 2.33. The average Bonchev–Trinajstić information content (AvgIpc) is 3.09. The van der Waals surface area contributed by atoms with Gasteiger partial charge in [0.1, 0.15) is 5.52 Å². The Hall–Kier alpha value is -2.66. The molecule has 2 aromatic heterocycles. The van der Waals surface area contributed by atoms with Gasteiger partial charge in [0.05, 0.1) is 16.7 Å². The van der Waals surface area contributed by atoms with E-state index in [0.29, 0.717) is 0 Å². The molecular formula is C21H19BrN4. The Kier molecular flexibility index (Phi) is 4.71. The van der Waals surface area contributed by atoms with Crippen LogP contribution < -0.4 is 5.32 Å². The van der Waals surface area contributed by atoms with Crippen molar-refractivity contribution in [3.8, 4) is 11.1 Å². The summed E-state index contributed by atoms with van der Waals surface area (Å²) < 4.78 is 2.76. The minimum atomic E-state index is 0.145. The van der Waals surface area contributed by atoms with Crippen LogP contribution in [-0.2, 0) is 0 Å². The Morgan fingerprint density at radius 2 is 1.85 bits per heavy atom. The number of benzene rings is 2. The summed E-state index contributed by atoms with van der Waals surface area (Å²) in [7, 11) is 0. The van der Waals surface area contributed by atoms with E-state index in [-0.39, 0.29) is 6.04 Å². The zero-order chi connectivity index (χ0) is 17.9. The third kappa shape index (κ3) is 3.10. The smallest absolute Gasteiger partial charge is 0.153 e. The first kappa shape index (κ1) is 16.8. The number of anilines is 1. The third-order valence-electron chi connectivity index (χ3n) is 4.53. The van der Waals surface area contributed by atoms with Crippen molar-refractivity contribution in [1.82, 2.24) is 14.6 Å². The van der Waals surface area contributed by atoms with Crippen molar-refractivity contribution in [2.24, 2.45) is 0 Å². The predicted molar refractivity (Wildman–Crippen MR) is 109 cm³/mol. The standard InChI is InChI=1S/C21H19BrN4/c1-2-19(25-21-20-18(22)14-24-26(20)13-12-23-21)17-11-7-6-10-16(17)15-8-4-3-5-9-15/h3-14,19H,2H2,1H3,(H,23,25). The Morgan fingerprint density at radius 3 is 2.65 bits per heavy atom. The van der Waals surface area contributed by atoms with E-state index in [4.69, 9.17) is 0 Å². The highest BCUT2D eigenvalue weighted by Gasteiger charge is 2.17. The molecule has 4 nitrogen and oxygen atoms in total. The first-order valence-corrected chi connectivity index (χ1v) is 9.46. The largest absolute Gasteiger partial charge is 0.361 e. The average molecular weight is 407 g/mol. The number of nitrogens with zero attached hydrogens (tertiary/aromatic N) is 3. The molecule has 2 aromatic carbocycles. The van der Waals surface area contributed by atoms with Crippen LogP contribution in [0.5, 0.6) is 0 Å². The van der Waals surface area contributed by atoms with Crippen LogP contribution in [0.15, 0.2) is 77.7 Å². The van der Waals surface area contributed by atoms with Gasteiger partial charge in [-0.05, 0) is 39.0 Å². The molecule has 0 fully saturated rings. The fraction of sp³-hybridized carbons (Fsp3) is 0.143. The molecule has 0 amide bonds. The van der Waals surface area contributed by atoms with Crippen LogP contribution >= 0.6 is 15.9 Å². The molecule has 0 radical (unpaired) electrons. The molecule has 1 N–H and O–H groups in total. The first-order chi connectivity index (χ1) is 12.8. The summed E-state index contributed by atoms with van der Waals surface area (Å²) in [6.45, 7) is 2.19. The van der Waals surface area contributed by atoms with Gasteiger partial charge < -0.3 is 5.32 Å². The summed E-state index contributed by atoms with van der Waals surface area (Å²) in [6.07, 6.45) is 6.36. The zero-order valence-corrected chi connectivity index (χ0v) is 16.0. The Balaban J connectivity index is 1.76. The Morgan fingerprint density at radius 1 is 1.08 bits per heavy atom. The van der Waals surface area contributed by atoms with E-state index < -0.39 is 0 Å². The topological polar surface area (TPSA) is 42.2 Å². The molecule has 4 rings (SSSR count). The molecule has 0 spiro atoms. The number of hydrogen-bond acceptors (Lipinski definition) is 3. The lowest BCUT2D eigenvalue weighted by Gasteiger charge is -2.22. The van der Waals surface area contributed by atoms with Gasteiger partial charge in [-0.1, -0.05) is 61.5 Å². The SMILES string of the molecule is CCC(Nc1nccn2ncc(Br)c12)c1ccccc1-c1ccccc1. The lowest BCUT2D eigenvalue weighted by molar-refractivity contribution is 0.745. The maximum absolute atomic E-state index is 4.55.